The van der Waals surface area contributed by atoms with E-state index in [0.717, 1.165) is 36.0 Å². The van der Waals surface area contributed by atoms with E-state index in [0.29, 0.717) is 0 Å². The first-order chi connectivity index (χ1) is 16.4. The number of aryl methyl sites for hydroxylation is 2. The maximum Gasteiger partial charge on any atom is 0.247 e. The molecule has 0 saturated heterocycles. The Bertz CT molecular complexity index is 1260. The Hall–Kier alpha value is -3.16. The van der Waals surface area contributed by atoms with Gasteiger partial charge in [-0.2, -0.15) is 4.31 Å². The molecule has 3 aromatic rings. The Morgan fingerprint density at radius 3 is 2.56 bits per heavy atom. The van der Waals surface area contributed by atoms with Crippen LogP contribution in [0.3, 0.4) is 0 Å². The average Bonchev–Trinajstić information content (AvgIpc) is 2.84. The lowest BCUT2D eigenvalue weighted by Gasteiger charge is -2.28. The van der Waals surface area contributed by atoms with Crippen LogP contribution >= 0.6 is 0 Å². The van der Waals surface area contributed by atoms with Crippen molar-refractivity contribution in [3.05, 3.63) is 95.1 Å². The number of nitrogens with zero attached hydrogens (tertiary/aromatic N) is 1. The van der Waals surface area contributed by atoms with Gasteiger partial charge >= 0.3 is 0 Å². The zero-order chi connectivity index (χ0) is 24.1. The molecule has 0 radical (unpaired) electrons. The monoisotopic (exact) mass is 478 g/mol. The molecule has 4 rings (SSSR count). The Labute approximate surface area is 201 Å². The van der Waals surface area contributed by atoms with Crippen molar-refractivity contribution >= 4 is 15.9 Å². The smallest absolute Gasteiger partial charge is 0.247 e. The van der Waals surface area contributed by atoms with E-state index in [4.69, 9.17) is 4.74 Å². The molecule has 1 aliphatic carbocycles. The molecule has 7 heteroatoms. The highest BCUT2D eigenvalue weighted by atomic mass is 32.2. The van der Waals surface area contributed by atoms with Gasteiger partial charge < -0.3 is 10.1 Å². The summed E-state index contributed by atoms with van der Waals surface area (Å²) in [7, 11) is -2.57. The zero-order valence-corrected chi connectivity index (χ0v) is 20.3. The van der Waals surface area contributed by atoms with Crippen LogP contribution in [0.1, 0.15) is 41.1 Å². The Morgan fingerprint density at radius 1 is 1.06 bits per heavy atom. The SMILES string of the molecule is COc1ccc(C)cc1S(=O)(=O)N(CC(=O)N[C@@H]1CCCc2ccccc21)Cc1ccccc1. The summed E-state index contributed by atoms with van der Waals surface area (Å²) in [5.74, 6) is -0.0712. The number of carbonyl (C=O) groups is 1. The summed E-state index contributed by atoms with van der Waals surface area (Å²) in [6, 6.07) is 22.3. The lowest BCUT2D eigenvalue weighted by Crippen LogP contribution is -2.42. The molecule has 178 valence electrons. The van der Waals surface area contributed by atoms with Gasteiger partial charge in [0.05, 0.1) is 19.7 Å². The Kier molecular flexibility index (Phi) is 7.34. The molecule has 0 fully saturated rings. The maximum absolute atomic E-state index is 13.8. The van der Waals surface area contributed by atoms with Gasteiger partial charge in [0.15, 0.2) is 0 Å². The van der Waals surface area contributed by atoms with E-state index < -0.39 is 10.0 Å². The highest BCUT2D eigenvalue weighted by molar-refractivity contribution is 7.89. The Balaban J connectivity index is 1.62. The molecule has 0 heterocycles. The van der Waals surface area contributed by atoms with Crippen molar-refractivity contribution in [1.82, 2.24) is 9.62 Å². The van der Waals surface area contributed by atoms with E-state index in [1.54, 1.807) is 18.2 Å². The van der Waals surface area contributed by atoms with E-state index in [9.17, 15) is 13.2 Å². The van der Waals surface area contributed by atoms with Crippen LogP contribution in [0, 0.1) is 6.92 Å². The molecule has 0 unspecified atom stereocenters. The molecule has 1 aliphatic rings. The van der Waals surface area contributed by atoms with Crippen molar-refractivity contribution in [1.29, 1.82) is 0 Å². The summed E-state index contributed by atoms with van der Waals surface area (Å²) in [6.07, 6.45) is 2.80. The molecule has 3 aromatic carbocycles. The van der Waals surface area contributed by atoms with Crippen LogP contribution in [-0.2, 0) is 27.8 Å². The van der Waals surface area contributed by atoms with Crippen LogP contribution < -0.4 is 10.1 Å². The van der Waals surface area contributed by atoms with Crippen molar-refractivity contribution in [3.8, 4) is 5.75 Å². The fourth-order valence-corrected chi connectivity index (χ4v) is 6.07. The van der Waals surface area contributed by atoms with Gasteiger partial charge in [-0.05, 0) is 60.6 Å². The zero-order valence-electron chi connectivity index (χ0n) is 19.5. The minimum atomic E-state index is -4.01. The number of methoxy groups -OCH3 is 1. The number of hydrogen-bond donors (Lipinski definition) is 1. The standard InChI is InChI=1S/C27H30N2O4S/c1-20-15-16-25(33-2)26(17-20)34(31,32)29(18-21-9-4-3-5-10-21)19-27(30)28-24-14-8-12-22-11-6-7-13-23(22)24/h3-7,9-11,13,15-17,24H,8,12,14,18-19H2,1-2H3,(H,28,30)/t24-/m1/s1. The molecule has 1 atom stereocenters. The maximum atomic E-state index is 13.8. The van der Waals surface area contributed by atoms with Crippen LogP contribution in [0.25, 0.3) is 0 Å². The molecule has 0 bridgehead atoms. The first-order valence-electron chi connectivity index (χ1n) is 11.4. The van der Waals surface area contributed by atoms with Crippen LogP contribution in [0.15, 0.2) is 77.7 Å². The summed E-state index contributed by atoms with van der Waals surface area (Å²) in [4.78, 5) is 13.2. The summed E-state index contributed by atoms with van der Waals surface area (Å²) < 4.78 is 34.1. The fraction of sp³-hybridized carbons (Fsp3) is 0.296. The molecular formula is C27H30N2O4S. The molecule has 0 aromatic heterocycles. The average molecular weight is 479 g/mol. The van der Waals surface area contributed by atoms with E-state index >= 15 is 0 Å². The van der Waals surface area contributed by atoms with Gasteiger partial charge in [0, 0.05) is 6.54 Å². The summed E-state index contributed by atoms with van der Waals surface area (Å²) >= 11 is 0. The van der Waals surface area contributed by atoms with Crippen LogP contribution in [0.2, 0.25) is 0 Å². The largest absolute Gasteiger partial charge is 0.495 e. The van der Waals surface area contributed by atoms with Crippen LogP contribution in [0.4, 0.5) is 0 Å². The van der Waals surface area contributed by atoms with E-state index in [1.807, 2.05) is 55.5 Å². The topological polar surface area (TPSA) is 75.7 Å². The predicted molar refractivity (Wildman–Crippen MR) is 132 cm³/mol. The molecule has 0 saturated carbocycles. The highest BCUT2D eigenvalue weighted by Crippen LogP contribution is 2.31. The number of amides is 1. The molecule has 0 spiro atoms. The molecule has 0 aliphatic heterocycles. The van der Waals surface area contributed by atoms with E-state index in [1.165, 1.54) is 17.0 Å². The highest BCUT2D eigenvalue weighted by Gasteiger charge is 2.31. The van der Waals surface area contributed by atoms with Crippen LogP contribution in [-0.4, -0.2) is 32.3 Å². The predicted octanol–water partition coefficient (Wildman–Crippen LogP) is 4.39. The number of sulfonamides is 1. The first-order valence-corrected chi connectivity index (χ1v) is 12.9. The quantitative estimate of drug-likeness (QED) is 0.521. The minimum absolute atomic E-state index is 0.0572. The summed E-state index contributed by atoms with van der Waals surface area (Å²) in [5.41, 5.74) is 3.94. The molecule has 34 heavy (non-hydrogen) atoms. The number of hydrogen-bond acceptors (Lipinski definition) is 4. The van der Waals surface area contributed by atoms with Gasteiger partial charge in [-0.3, -0.25) is 4.79 Å². The Morgan fingerprint density at radius 2 is 1.79 bits per heavy atom. The second-order valence-corrected chi connectivity index (χ2v) is 10.5. The van der Waals surface area contributed by atoms with Crippen molar-refractivity contribution < 1.29 is 17.9 Å². The van der Waals surface area contributed by atoms with Gasteiger partial charge in [-0.15, -0.1) is 0 Å². The number of carbonyl (C=O) groups excluding carboxylic acids is 1. The third-order valence-corrected chi connectivity index (χ3v) is 7.98. The number of rotatable bonds is 8. The fourth-order valence-electron chi connectivity index (χ4n) is 4.44. The number of benzene rings is 3. The van der Waals surface area contributed by atoms with Crippen molar-refractivity contribution in [2.45, 2.75) is 43.7 Å². The van der Waals surface area contributed by atoms with Crippen LogP contribution in [0.5, 0.6) is 5.75 Å². The number of nitrogens with one attached hydrogen (secondary N) is 1. The van der Waals surface area contributed by atoms with Gasteiger partial charge in [0.25, 0.3) is 0 Å². The number of fused-ring (bicyclic) bond motifs is 1. The van der Waals surface area contributed by atoms with Crippen molar-refractivity contribution in [2.75, 3.05) is 13.7 Å². The minimum Gasteiger partial charge on any atom is -0.495 e. The molecule has 6 nitrogen and oxygen atoms in total. The third-order valence-electron chi connectivity index (χ3n) is 6.16. The van der Waals surface area contributed by atoms with Gasteiger partial charge in [-0.1, -0.05) is 60.7 Å². The molecular weight excluding hydrogens is 448 g/mol. The lowest BCUT2D eigenvalue weighted by atomic mass is 9.88. The number of ether oxygens (including phenoxy) is 1. The second-order valence-electron chi connectivity index (χ2n) is 8.62. The third kappa shape index (κ3) is 5.32. The summed E-state index contributed by atoms with van der Waals surface area (Å²) in [6.45, 7) is 1.62. The van der Waals surface area contributed by atoms with Gasteiger partial charge in [0.2, 0.25) is 15.9 Å². The molecule has 1 amide bonds. The van der Waals surface area contributed by atoms with E-state index in [-0.39, 0.29) is 35.7 Å². The normalized spacial score (nSPS) is 15.6. The first kappa shape index (κ1) is 24.0. The second kappa shape index (κ2) is 10.4. The van der Waals surface area contributed by atoms with Crippen molar-refractivity contribution in [2.24, 2.45) is 0 Å². The van der Waals surface area contributed by atoms with Crippen molar-refractivity contribution in [3.63, 3.8) is 0 Å². The van der Waals surface area contributed by atoms with Gasteiger partial charge in [-0.25, -0.2) is 8.42 Å². The van der Waals surface area contributed by atoms with E-state index in [2.05, 4.69) is 11.4 Å². The summed E-state index contributed by atoms with van der Waals surface area (Å²) in [5, 5.41) is 3.08. The molecule has 1 N–H and O–H groups in total. The lowest BCUT2D eigenvalue weighted by molar-refractivity contribution is -0.122. The van der Waals surface area contributed by atoms with Gasteiger partial charge in [0.1, 0.15) is 10.6 Å².